The minimum atomic E-state index is -0.549. The minimum absolute atomic E-state index is 0.442. The fourth-order valence-corrected chi connectivity index (χ4v) is 4.19. The topological polar surface area (TPSA) is 73.1 Å². The summed E-state index contributed by atoms with van der Waals surface area (Å²) < 4.78 is 13.5. The molecule has 1 N–H and O–H groups in total. The third-order valence-electron chi connectivity index (χ3n) is 4.78. The predicted molar refractivity (Wildman–Crippen MR) is 125 cm³/mol. The van der Waals surface area contributed by atoms with Gasteiger partial charge in [0.2, 0.25) is 17.3 Å². The van der Waals surface area contributed by atoms with Gasteiger partial charge in [0.15, 0.2) is 11.5 Å². The van der Waals surface area contributed by atoms with E-state index in [9.17, 15) is 0 Å². The zero-order chi connectivity index (χ0) is 21.2. The molecule has 0 amide bonds. The second-order valence-corrected chi connectivity index (χ2v) is 8.97. The Morgan fingerprint density at radius 3 is 2.71 bits per heavy atom. The Morgan fingerprint density at radius 1 is 1.03 bits per heavy atom. The van der Waals surface area contributed by atoms with Crippen molar-refractivity contribution in [2.45, 2.75) is 24.7 Å². The molecular formula is C23H19BrN4O2S. The summed E-state index contributed by atoms with van der Waals surface area (Å²) >= 11 is 5.03. The fraction of sp³-hybridized carbons (Fsp3) is 0.174. The number of anilines is 1. The molecule has 1 unspecified atom stereocenters. The average molecular weight is 495 g/mol. The van der Waals surface area contributed by atoms with Crippen molar-refractivity contribution in [2.24, 2.45) is 0 Å². The lowest BCUT2D eigenvalue weighted by Gasteiger charge is -2.16. The summed E-state index contributed by atoms with van der Waals surface area (Å²) in [7, 11) is 0. The standard InChI is InChI=1S/C23H19BrN4O2S/c1-2-13-31-23-26-22-20(27-28-23)16-5-3-4-6-17(16)25-21(30-22)19-12-11-18(29-19)14-7-9-15(24)10-8-14/h3-12,21,25H,2,13H2,1H3. The summed E-state index contributed by atoms with van der Waals surface area (Å²) in [5.41, 5.74) is 3.39. The summed E-state index contributed by atoms with van der Waals surface area (Å²) in [6, 6.07) is 19.8. The van der Waals surface area contributed by atoms with Gasteiger partial charge in [0.1, 0.15) is 5.76 Å². The van der Waals surface area contributed by atoms with Crippen LogP contribution in [0.1, 0.15) is 25.3 Å². The number of fused-ring (bicyclic) bond motifs is 3. The van der Waals surface area contributed by atoms with E-state index in [4.69, 9.17) is 9.15 Å². The molecule has 0 spiro atoms. The molecule has 1 atom stereocenters. The van der Waals surface area contributed by atoms with Gasteiger partial charge >= 0.3 is 0 Å². The third-order valence-corrected chi connectivity index (χ3v) is 6.35. The van der Waals surface area contributed by atoms with Crippen LogP contribution in [-0.4, -0.2) is 20.9 Å². The van der Waals surface area contributed by atoms with Gasteiger partial charge in [-0.2, -0.15) is 4.98 Å². The number of ether oxygens (including phenoxy) is 1. The predicted octanol–water partition coefficient (Wildman–Crippen LogP) is 6.57. The lowest BCUT2D eigenvalue weighted by molar-refractivity contribution is 0.196. The van der Waals surface area contributed by atoms with Crippen LogP contribution in [0.15, 0.2) is 74.7 Å². The van der Waals surface area contributed by atoms with E-state index in [0.29, 0.717) is 22.5 Å². The first-order valence-electron chi connectivity index (χ1n) is 9.97. The van der Waals surface area contributed by atoms with Gasteiger partial charge in [-0.3, -0.25) is 0 Å². The number of aromatic nitrogens is 3. The summed E-state index contributed by atoms with van der Waals surface area (Å²) in [5, 5.41) is 12.7. The maximum atomic E-state index is 6.28. The Morgan fingerprint density at radius 2 is 1.87 bits per heavy atom. The van der Waals surface area contributed by atoms with Crippen molar-refractivity contribution in [3.63, 3.8) is 0 Å². The highest BCUT2D eigenvalue weighted by atomic mass is 79.9. The first-order chi connectivity index (χ1) is 15.2. The number of halogens is 1. The molecule has 5 rings (SSSR count). The van der Waals surface area contributed by atoms with E-state index in [1.54, 1.807) is 11.8 Å². The third kappa shape index (κ3) is 4.18. The van der Waals surface area contributed by atoms with Gasteiger partial charge in [0.05, 0.1) is 0 Å². The van der Waals surface area contributed by atoms with Gasteiger partial charge in [-0.25, -0.2) is 0 Å². The van der Waals surface area contributed by atoms with Crippen LogP contribution in [0.2, 0.25) is 0 Å². The van der Waals surface area contributed by atoms with Crippen LogP contribution in [0.25, 0.3) is 22.6 Å². The second-order valence-electron chi connectivity index (χ2n) is 6.99. The SMILES string of the molecule is CCCSc1nnc2c(n1)OC(c1ccc(-c3ccc(Br)cc3)o1)Nc1ccccc1-2. The molecule has 8 heteroatoms. The highest BCUT2D eigenvalue weighted by Gasteiger charge is 2.28. The van der Waals surface area contributed by atoms with Gasteiger partial charge in [-0.15, -0.1) is 10.2 Å². The molecule has 4 aromatic rings. The van der Waals surface area contributed by atoms with Crippen molar-refractivity contribution < 1.29 is 9.15 Å². The van der Waals surface area contributed by atoms with Crippen molar-refractivity contribution in [1.29, 1.82) is 0 Å². The lowest BCUT2D eigenvalue weighted by atomic mass is 10.1. The number of benzene rings is 2. The Labute approximate surface area is 192 Å². The molecule has 0 bridgehead atoms. The van der Waals surface area contributed by atoms with Crippen LogP contribution in [-0.2, 0) is 0 Å². The highest BCUT2D eigenvalue weighted by molar-refractivity contribution is 9.10. The largest absolute Gasteiger partial charge is 0.455 e. The van der Waals surface area contributed by atoms with Crippen molar-refractivity contribution in [3.05, 3.63) is 70.9 Å². The molecule has 0 saturated carbocycles. The average Bonchev–Trinajstić information content (AvgIpc) is 3.22. The number of rotatable bonds is 5. The Bertz CT molecular complexity index is 1210. The van der Waals surface area contributed by atoms with Gasteiger partial charge in [-0.05, 0) is 36.8 Å². The Balaban J connectivity index is 1.52. The molecule has 2 aromatic heterocycles. The highest BCUT2D eigenvalue weighted by Crippen LogP contribution is 2.40. The smallest absolute Gasteiger partial charge is 0.247 e. The number of thioether (sulfide) groups is 1. The first kappa shape index (κ1) is 20.1. The van der Waals surface area contributed by atoms with E-state index in [0.717, 1.165) is 39.2 Å². The normalized spacial score (nSPS) is 14.7. The Kier molecular flexibility index (Phi) is 5.65. The monoisotopic (exact) mass is 494 g/mol. The molecular weight excluding hydrogens is 476 g/mol. The zero-order valence-electron chi connectivity index (χ0n) is 16.7. The van der Waals surface area contributed by atoms with Crippen molar-refractivity contribution in [3.8, 4) is 28.5 Å². The van der Waals surface area contributed by atoms with Crippen LogP contribution < -0.4 is 10.1 Å². The lowest BCUT2D eigenvalue weighted by Crippen LogP contribution is -2.16. The van der Waals surface area contributed by atoms with Crippen LogP contribution in [0, 0.1) is 0 Å². The number of para-hydroxylation sites is 1. The van der Waals surface area contributed by atoms with Crippen LogP contribution in [0.5, 0.6) is 5.88 Å². The van der Waals surface area contributed by atoms with Crippen molar-refractivity contribution >= 4 is 33.4 Å². The van der Waals surface area contributed by atoms with E-state index >= 15 is 0 Å². The number of nitrogens with zero attached hydrogens (tertiary/aromatic N) is 3. The maximum absolute atomic E-state index is 6.28. The summed E-state index contributed by atoms with van der Waals surface area (Å²) in [5.74, 6) is 2.79. The molecule has 2 aromatic carbocycles. The van der Waals surface area contributed by atoms with E-state index in [1.165, 1.54) is 0 Å². The van der Waals surface area contributed by atoms with Crippen molar-refractivity contribution in [1.82, 2.24) is 15.2 Å². The van der Waals surface area contributed by atoms with E-state index in [1.807, 2.05) is 60.7 Å². The van der Waals surface area contributed by atoms with Crippen LogP contribution in [0.3, 0.4) is 0 Å². The van der Waals surface area contributed by atoms with Gasteiger partial charge in [-0.1, -0.05) is 64.9 Å². The van der Waals surface area contributed by atoms with Gasteiger partial charge < -0.3 is 14.5 Å². The molecule has 3 heterocycles. The number of furan rings is 1. The Hall–Kier alpha value is -2.84. The number of nitrogens with one attached hydrogen (secondary N) is 1. The van der Waals surface area contributed by atoms with Crippen molar-refractivity contribution in [2.75, 3.05) is 11.1 Å². The van der Waals surface area contributed by atoms with E-state index in [2.05, 4.69) is 43.4 Å². The second kappa shape index (κ2) is 8.72. The molecule has 0 saturated heterocycles. The van der Waals surface area contributed by atoms with Crippen LogP contribution in [0.4, 0.5) is 5.69 Å². The molecule has 0 aliphatic carbocycles. The summed E-state index contributed by atoms with van der Waals surface area (Å²) in [6.45, 7) is 2.12. The number of hydrogen-bond acceptors (Lipinski definition) is 7. The van der Waals surface area contributed by atoms with Crippen LogP contribution >= 0.6 is 27.7 Å². The maximum Gasteiger partial charge on any atom is 0.247 e. The zero-order valence-corrected chi connectivity index (χ0v) is 19.1. The quantitative estimate of drug-likeness (QED) is 0.314. The fourth-order valence-electron chi connectivity index (χ4n) is 3.29. The molecule has 1 aliphatic heterocycles. The van der Waals surface area contributed by atoms with Gasteiger partial charge in [0, 0.05) is 27.0 Å². The molecule has 6 nitrogen and oxygen atoms in total. The molecule has 0 radical (unpaired) electrons. The van der Waals surface area contributed by atoms with E-state index in [-0.39, 0.29) is 0 Å². The van der Waals surface area contributed by atoms with E-state index < -0.39 is 6.23 Å². The summed E-state index contributed by atoms with van der Waals surface area (Å²) in [4.78, 5) is 4.64. The molecule has 31 heavy (non-hydrogen) atoms. The first-order valence-corrected chi connectivity index (χ1v) is 11.7. The molecule has 1 aliphatic rings. The van der Waals surface area contributed by atoms with Gasteiger partial charge in [0.25, 0.3) is 0 Å². The minimum Gasteiger partial charge on any atom is -0.455 e. The summed E-state index contributed by atoms with van der Waals surface area (Å²) in [6.07, 6.45) is 0.483. The molecule has 156 valence electrons. The number of hydrogen-bond donors (Lipinski definition) is 1. The molecule has 0 fully saturated rings.